The summed E-state index contributed by atoms with van der Waals surface area (Å²) in [7, 11) is 2.15. The topological polar surface area (TPSA) is 76.1 Å². The third-order valence-electron chi connectivity index (χ3n) is 5.93. The van der Waals surface area contributed by atoms with Crippen LogP contribution in [0.25, 0.3) is 0 Å². The molecule has 2 aromatic rings. The van der Waals surface area contributed by atoms with Crippen molar-refractivity contribution in [3.8, 4) is 0 Å². The van der Waals surface area contributed by atoms with E-state index >= 15 is 0 Å². The van der Waals surface area contributed by atoms with Crippen LogP contribution in [-0.2, 0) is 11.3 Å². The van der Waals surface area contributed by atoms with Crippen LogP contribution in [0.5, 0.6) is 0 Å². The van der Waals surface area contributed by atoms with E-state index in [-0.39, 0.29) is 11.9 Å². The van der Waals surface area contributed by atoms with Crippen molar-refractivity contribution in [1.82, 2.24) is 20.5 Å². The number of rotatable bonds is 6. The third kappa shape index (κ3) is 5.56. The van der Waals surface area contributed by atoms with Gasteiger partial charge in [-0.1, -0.05) is 18.2 Å². The standard InChI is InChI=1S/C24H33N7O/c1-3-25-24(28-20-16-23(32)31(18-20)21-7-5-4-6-8-21)27-17-19-9-10-26-22(15-19)30-13-11-29(2)12-14-30/h4-10,15,20H,3,11-14,16-18H2,1-2H3,(H2,25,27,28). The molecule has 1 atom stereocenters. The molecule has 2 aliphatic heterocycles. The minimum atomic E-state index is 0.0267. The summed E-state index contributed by atoms with van der Waals surface area (Å²) in [5, 5.41) is 6.75. The molecule has 8 heteroatoms. The van der Waals surface area contributed by atoms with Crippen molar-refractivity contribution in [2.45, 2.75) is 25.9 Å². The van der Waals surface area contributed by atoms with E-state index in [0.29, 0.717) is 19.5 Å². The lowest BCUT2D eigenvalue weighted by atomic mass is 10.2. The fraction of sp³-hybridized carbons (Fsp3) is 0.458. The highest BCUT2D eigenvalue weighted by molar-refractivity contribution is 5.97. The Balaban J connectivity index is 1.38. The van der Waals surface area contributed by atoms with Crippen LogP contribution in [0.4, 0.5) is 11.5 Å². The molecule has 2 aliphatic rings. The number of likely N-dealkylation sites (N-methyl/N-ethyl adjacent to an activating group) is 1. The highest BCUT2D eigenvalue weighted by Crippen LogP contribution is 2.21. The minimum absolute atomic E-state index is 0.0267. The maximum absolute atomic E-state index is 12.5. The van der Waals surface area contributed by atoms with Crippen LogP contribution in [0.15, 0.2) is 53.7 Å². The van der Waals surface area contributed by atoms with Gasteiger partial charge in [-0.3, -0.25) is 4.79 Å². The Morgan fingerprint density at radius 2 is 1.94 bits per heavy atom. The third-order valence-corrected chi connectivity index (χ3v) is 5.93. The van der Waals surface area contributed by atoms with Gasteiger partial charge in [-0.25, -0.2) is 9.98 Å². The first-order valence-electron chi connectivity index (χ1n) is 11.4. The molecule has 0 radical (unpaired) electrons. The first-order valence-corrected chi connectivity index (χ1v) is 11.4. The van der Waals surface area contributed by atoms with Crippen LogP contribution in [0.1, 0.15) is 18.9 Å². The molecule has 3 heterocycles. The molecule has 0 saturated carbocycles. The first-order chi connectivity index (χ1) is 15.6. The maximum atomic E-state index is 12.5. The number of pyridine rings is 1. The number of aliphatic imine (C=N–C) groups is 1. The average molecular weight is 436 g/mol. The number of carbonyl (C=O) groups is 1. The van der Waals surface area contributed by atoms with Crippen LogP contribution in [0.2, 0.25) is 0 Å². The summed E-state index contributed by atoms with van der Waals surface area (Å²) in [4.78, 5) is 28.4. The molecule has 32 heavy (non-hydrogen) atoms. The van der Waals surface area contributed by atoms with E-state index in [1.165, 1.54) is 0 Å². The second kappa shape index (κ2) is 10.5. The van der Waals surface area contributed by atoms with Crippen LogP contribution < -0.4 is 20.4 Å². The largest absolute Gasteiger partial charge is 0.357 e. The molecular weight excluding hydrogens is 402 g/mol. The van der Waals surface area contributed by atoms with Crippen LogP contribution in [0.3, 0.4) is 0 Å². The van der Waals surface area contributed by atoms with Gasteiger partial charge in [-0.2, -0.15) is 0 Å². The smallest absolute Gasteiger partial charge is 0.229 e. The lowest BCUT2D eigenvalue weighted by molar-refractivity contribution is -0.117. The van der Waals surface area contributed by atoms with Crippen molar-refractivity contribution in [2.75, 3.05) is 56.1 Å². The number of amides is 1. The number of anilines is 2. The molecule has 2 fully saturated rings. The summed E-state index contributed by atoms with van der Waals surface area (Å²) in [6.07, 6.45) is 2.33. The van der Waals surface area contributed by atoms with Gasteiger partial charge < -0.3 is 25.3 Å². The van der Waals surface area contributed by atoms with Crippen molar-refractivity contribution in [3.05, 3.63) is 54.2 Å². The van der Waals surface area contributed by atoms with E-state index in [4.69, 9.17) is 4.99 Å². The van der Waals surface area contributed by atoms with Gasteiger partial charge in [0.05, 0.1) is 12.6 Å². The van der Waals surface area contributed by atoms with Crippen molar-refractivity contribution < 1.29 is 4.79 Å². The molecule has 1 unspecified atom stereocenters. The van der Waals surface area contributed by atoms with E-state index in [1.54, 1.807) is 0 Å². The van der Waals surface area contributed by atoms with E-state index in [1.807, 2.05) is 54.4 Å². The predicted molar refractivity (Wildman–Crippen MR) is 129 cm³/mol. The SMILES string of the molecule is CCNC(=NCc1ccnc(N2CCN(C)CC2)c1)NC1CC(=O)N(c2ccccc2)C1. The molecule has 0 bridgehead atoms. The van der Waals surface area contributed by atoms with Gasteiger partial charge in [0.25, 0.3) is 0 Å². The Morgan fingerprint density at radius 1 is 1.16 bits per heavy atom. The second-order valence-corrected chi connectivity index (χ2v) is 8.39. The molecule has 2 saturated heterocycles. The molecule has 1 amide bonds. The average Bonchev–Trinajstić information content (AvgIpc) is 3.19. The highest BCUT2D eigenvalue weighted by Gasteiger charge is 2.31. The number of aromatic nitrogens is 1. The molecule has 0 spiro atoms. The van der Waals surface area contributed by atoms with E-state index in [9.17, 15) is 4.79 Å². The number of piperazine rings is 1. The van der Waals surface area contributed by atoms with Crippen LogP contribution >= 0.6 is 0 Å². The zero-order chi connectivity index (χ0) is 22.3. The Kier molecular flexibility index (Phi) is 7.21. The Hall–Kier alpha value is -3.13. The Bertz CT molecular complexity index is 925. The van der Waals surface area contributed by atoms with E-state index in [0.717, 1.165) is 55.8 Å². The fourth-order valence-corrected chi connectivity index (χ4v) is 4.11. The molecule has 1 aromatic carbocycles. The normalized spacial score (nSPS) is 20.0. The van der Waals surface area contributed by atoms with Crippen molar-refractivity contribution in [3.63, 3.8) is 0 Å². The van der Waals surface area contributed by atoms with Gasteiger partial charge in [0.15, 0.2) is 5.96 Å². The number of carbonyl (C=O) groups excluding carboxylic acids is 1. The van der Waals surface area contributed by atoms with Gasteiger partial charge in [0.1, 0.15) is 5.82 Å². The second-order valence-electron chi connectivity index (χ2n) is 8.39. The summed E-state index contributed by atoms with van der Waals surface area (Å²) >= 11 is 0. The summed E-state index contributed by atoms with van der Waals surface area (Å²) in [5.74, 6) is 1.89. The molecule has 8 nitrogen and oxygen atoms in total. The van der Waals surface area contributed by atoms with E-state index < -0.39 is 0 Å². The highest BCUT2D eigenvalue weighted by atomic mass is 16.2. The zero-order valence-corrected chi connectivity index (χ0v) is 19.0. The first kappa shape index (κ1) is 22.1. The lowest BCUT2D eigenvalue weighted by Crippen LogP contribution is -2.45. The molecule has 1 aromatic heterocycles. The summed E-state index contributed by atoms with van der Waals surface area (Å²) in [5.41, 5.74) is 2.07. The Labute approximate surface area is 190 Å². The molecular formula is C24H33N7O. The number of nitrogens with zero attached hydrogens (tertiary/aromatic N) is 5. The van der Waals surface area contributed by atoms with E-state index in [2.05, 4.69) is 38.5 Å². The van der Waals surface area contributed by atoms with Crippen LogP contribution in [-0.4, -0.2) is 74.1 Å². The molecule has 170 valence electrons. The number of hydrogen-bond donors (Lipinski definition) is 2. The molecule has 4 rings (SSSR count). The molecule has 0 aliphatic carbocycles. The number of benzene rings is 1. The van der Waals surface area contributed by atoms with Gasteiger partial charge in [0.2, 0.25) is 5.91 Å². The minimum Gasteiger partial charge on any atom is -0.357 e. The maximum Gasteiger partial charge on any atom is 0.229 e. The van der Waals surface area contributed by atoms with Crippen molar-refractivity contribution >= 4 is 23.4 Å². The van der Waals surface area contributed by atoms with Crippen molar-refractivity contribution in [2.24, 2.45) is 4.99 Å². The van der Waals surface area contributed by atoms with Gasteiger partial charge in [0, 0.05) is 57.6 Å². The van der Waals surface area contributed by atoms with Crippen LogP contribution in [0, 0.1) is 0 Å². The fourth-order valence-electron chi connectivity index (χ4n) is 4.11. The quantitative estimate of drug-likeness (QED) is 0.531. The summed E-state index contributed by atoms with van der Waals surface area (Å²) < 4.78 is 0. The Morgan fingerprint density at radius 3 is 2.69 bits per heavy atom. The summed E-state index contributed by atoms with van der Waals surface area (Å²) in [6, 6.07) is 14.0. The molecule has 2 N–H and O–H groups in total. The number of para-hydroxylation sites is 1. The number of hydrogen-bond acceptors (Lipinski definition) is 5. The lowest BCUT2D eigenvalue weighted by Gasteiger charge is -2.33. The number of guanidine groups is 1. The predicted octanol–water partition coefficient (Wildman–Crippen LogP) is 1.69. The van der Waals surface area contributed by atoms with Gasteiger partial charge >= 0.3 is 0 Å². The van der Waals surface area contributed by atoms with Gasteiger partial charge in [-0.15, -0.1) is 0 Å². The summed E-state index contributed by atoms with van der Waals surface area (Å²) in [6.45, 7) is 8.10. The number of nitrogens with one attached hydrogen (secondary N) is 2. The van der Waals surface area contributed by atoms with Gasteiger partial charge in [-0.05, 0) is 43.8 Å². The monoisotopic (exact) mass is 435 g/mol. The van der Waals surface area contributed by atoms with Crippen molar-refractivity contribution in [1.29, 1.82) is 0 Å². The zero-order valence-electron chi connectivity index (χ0n) is 19.0.